The van der Waals surface area contributed by atoms with E-state index in [9.17, 15) is 4.79 Å². The smallest absolute Gasteiger partial charge is 0.223 e. The number of hydrogen-bond acceptors (Lipinski definition) is 6. The Bertz CT molecular complexity index is 852. The van der Waals surface area contributed by atoms with Crippen molar-refractivity contribution in [3.8, 4) is 0 Å². The maximum Gasteiger partial charge on any atom is 0.223 e. The van der Waals surface area contributed by atoms with Gasteiger partial charge in [0.1, 0.15) is 17.3 Å². The molecule has 4 rings (SSSR count). The lowest BCUT2D eigenvalue weighted by atomic mass is 9.96. The molecule has 4 heterocycles. The molecule has 2 aliphatic rings. The fraction of sp³-hybridized carbons (Fsp3) is 0.682. The number of furan rings is 1. The molecule has 1 saturated heterocycles. The quantitative estimate of drug-likeness (QED) is 0.779. The van der Waals surface area contributed by atoms with Crippen molar-refractivity contribution >= 4 is 5.91 Å². The first-order chi connectivity index (χ1) is 14.5. The molecule has 0 aromatic carbocycles. The molecule has 8 heteroatoms. The van der Waals surface area contributed by atoms with Crippen LogP contribution < -0.4 is 5.32 Å². The van der Waals surface area contributed by atoms with Crippen LogP contribution in [-0.2, 0) is 30.7 Å². The third-order valence-corrected chi connectivity index (χ3v) is 6.43. The lowest BCUT2D eigenvalue weighted by molar-refractivity contribution is -0.127. The standard InChI is InChI=1S/C22H34N6O2/c1-4-18-5-6-19(30-18)15-27-12-9-20-24-25-21(28(20)14-13-27)16(2)23-22(29)17-7-10-26(3)11-8-17/h5-6,16-17H,4,7-15H2,1-3H3,(H,23,29)/t16-/m1/s1. The SMILES string of the molecule is CCc1ccc(CN2CCc3nnc([C@@H](C)NC(=O)C4CCN(C)CC4)n3CC2)o1. The summed E-state index contributed by atoms with van der Waals surface area (Å²) in [4.78, 5) is 17.4. The van der Waals surface area contributed by atoms with Gasteiger partial charge in [0.05, 0.1) is 12.6 Å². The number of aryl methyl sites for hydroxylation is 1. The molecular weight excluding hydrogens is 380 g/mol. The molecule has 1 atom stereocenters. The van der Waals surface area contributed by atoms with Gasteiger partial charge in [-0.25, -0.2) is 0 Å². The summed E-state index contributed by atoms with van der Waals surface area (Å²) in [6, 6.07) is 4.01. The van der Waals surface area contributed by atoms with Crippen molar-refractivity contribution in [1.29, 1.82) is 0 Å². The molecule has 0 saturated carbocycles. The fourth-order valence-electron chi connectivity index (χ4n) is 4.45. The lowest BCUT2D eigenvalue weighted by Crippen LogP contribution is -2.40. The fourth-order valence-corrected chi connectivity index (χ4v) is 4.45. The van der Waals surface area contributed by atoms with Gasteiger partial charge < -0.3 is 19.2 Å². The predicted molar refractivity (Wildman–Crippen MR) is 114 cm³/mol. The van der Waals surface area contributed by atoms with Crippen molar-refractivity contribution in [3.63, 3.8) is 0 Å². The Labute approximate surface area is 178 Å². The molecule has 1 amide bonds. The van der Waals surface area contributed by atoms with Gasteiger partial charge in [-0.2, -0.15) is 0 Å². The van der Waals surface area contributed by atoms with Crippen LogP contribution in [0.3, 0.4) is 0 Å². The van der Waals surface area contributed by atoms with Crippen molar-refractivity contribution in [3.05, 3.63) is 35.3 Å². The van der Waals surface area contributed by atoms with Gasteiger partial charge >= 0.3 is 0 Å². The zero-order chi connectivity index (χ0) is 21.1. The molecular formula is C22H34N6O2. The Morgan fingerprint density at radius 3 is 2.67 bits per heavy atom. The monoisotopic (exact) mass is 414 g/mol. The van der Waals surface area contributed by atoms with Gasteiger partial charge in [0.2, 0.25) is 5.91 Å². The van der Waals surface area contributed by atoms with Crippen molar-refractivity contribution in [2.24, 2.45) is 5.92 Å². The minimum absolute atomic E-state index is 0.104. The normalized spacial score (nSPS) is 20.0. The van der Waals surface area contributed by atoms with Crippen LogP contribution in [0.25, 0.3) is 0 Å². The number of rotatable bonds is 6. The van der Waals surface area contributed by atoms with Crippen LogP contribution in [0.5, 0.6) is 0 Å². The number of carbonyl (C=O) groups is 1. The van der Waals surface area contributed by atoms with Gasteiger partial charge in [-0.15, -0.1) is 10.2 Å². The highest BCUT2D eigenvalue weighted by Crippen LogP contribution is 2.20. The molecule has 2 aliphatic heterocycles. The molecule has 30 heavy (non-hydrogen) atoms. The van der Waals surface area contributed by atoms with Crippen LogP contribution in [0.15, 0.2) is 16.5 Å². The van der Waals surface area contributed by atoms with Gasteiger partial charge in [0.15, 0.2) is 5.82 Å². The van der Waals surface area contributed by atoms with E-state index in [-0.39, 0.29) is 17.9 Å². The van der Waals surface area contributed by atoms with E-state index in [2.05, 4.69) is 56.0 Å². The van der Waals surface area contributed by atoms with Gasteiger partial charge in [-0.05, 0) is 52.0 Å². The number of likely N-dealkylation sites (tertiary alicyclic amines) is 1. The molecule has 8 nitrogen and oxygen atoms in total. The third kappa shape index (κ3) is 4.75. The van der Waals surface area contributed by atoms with Crippen LogP contribution in [0.2, 0.25) is 0 Å². The lowest BCUT2D eigenvalue weighted by Gasteiger charge is -2.29. The summed E-state index contributed by atoms with van der Waals surface area (Å²) in [5.41, 5.74) is 0. The highest BCUT2D eigenvalue weighted by molar-refractivity contribution is 5.79. The number of nitrogens with zero attached hydrogens (tertiary/aromatic N) is 5. The minimum Gasteiger partial charge on any atom is -0.465 e. The van der Waals surface area contributed by atoms with Gasteiger partial charge in [0.25, 0.3) is 0 Å². The second-order valence-corrected chi connectivity index (χ2v) is 8.68. The van der Waals surface area contributed by atoms with Gasteiger partial charge in [0, 0.05) is 38.4 Å². The number of piperidine rings is 1. The molecule has 1 N–H and O–H groups in total. The van der Waals surface area contributed by atoms with Crippen LogP contribution in [0.4, 0.5) is 0 Å². The Kier molecular flexibility index (Phi) is 6.53. The van der Waals surface area contributed by atoms with E-state index in [1.165, 1.54) is 0 Å². The van der Waals surface area contributed by atoms with Crippen molar-refractivity contribution in [2.75, 3.05) is 33.2 Å². The average Bonchev–Trinajstić information content (AvgIpc) is 3.32. The zero-order valence-electron chi connectivity index (χ0n) is 18.4. The average molecular weight is 415 g/mol. The second-order valence-electron chi connectivity index (χ2n) is 8.68. The van der Waals surface area contributed by atoms with Crippen molar-refractivity contribution in [2.45, 2.75) is 58.7 Å². The number of amides is 1. The van der Waals surface area contributed by atoms with E-state index in [4.69, 9.17) is 4.42 Å². The zero-order valence-corrected chi connectivity index (χ0v) is 18.4. The molecule has 1 fully saturated rings. The van der Waals surface area contributed by atoms with E-state index in [0.717, 1.165) is 88.1 Å². The molecule has 0 radical (unpaired) electrons. The molecule has 2 aromatic heterocycles. The van der Waals surface area contributed by atoms with Crippen LogP contribution in [-0.4, -0.2) is 63.7 Å². The molecule has 0 spiro atoms. The molecule has 2 aromatic rings. The molecule has 164 valence electrons. The first-order valence-electron chi connectivity index (χ1n) is 11.2. The van der Waals surface area contributed by atoms with Crippen LogP contribution >= 0.6 is 0 Å². The Morgan fingerprint density at radius 2 is 1.93 bits per heavy atom. The molecule has 0 unspecified atom stereocenters. The first-order valence-corrected chi connectivity index (χ1v) is 11.2. The maximum atomic E-state index is 12.7. The van der Waals surface area contributed by atoms with Crippen molar-refractivity contribution < 1.29 is 9.21 Å². The molecule has 0 aliphatic carbocycles. The Hall–Kier alpha value is -2.19. The van der Waals surface area contributed by atoms with E-state index in [1.807, 2.05) is 6.92 Å². The number of nitrogens with one attached hydrogen (secondary N) is 1. The second kappa shape index (κ2) is 9.31. The summed E-state index contributed by atoms with van der Waals surface area (Å²) in [6.07, 6.45) is 3.62. The highest BCUT2D eigenvalue weighted by atomic mass is 16.3. The summed E-state index contributed by atoms with van der Waals surface area (Å²) in [5, 5.41) is 12.0. The van der Waals surface area contributed by atoms with E-state index in [1.54, 1.807) is 0 Å². The first kappa shape index (κ1) is 21.1. The van der Waals surface area contributed by atoms with E-state index in [0.29, 0.717) is 0 Å². The van der Waals surface area contributed by atoms with Crippen molar-refractivity contribution in [1.82, 2.24) is 29.9 Å². The van der Waals surface area contributed by atoms with Gasteiger partial charge in [-0.1, -0.05) is 6.92 Å². The third-order valence-electron chi connectivity index (χ3n) is 6.43. The summed E-state index contributed by atoms with van der Waals surface area (Å²) in [5.74, 6) is 4.16. The van der Waals surface area contributed by atoms with Crippen LogP contribution in [0, 0.1) is 5.92 Å². The maximum absolute atomic E-state index is 12.7. The number of hydrogen-bond donors (Lipinski definition) is 1. The summed E-state index contributed by atoms with van der Waals surface area (Å²) in [6.45, 7) is 9.57. The summed E-state index contributed by atoms with van der Waals surface area (Å²) in [7, 11) is 2.11. The number of fused-ring (bicyclic) bond motifs is 1. The predicted octanol–water partition coefficient (Wildman–Crippen LogP) is 2.01. The van der Waals surface area contributed by atoms with Gasteiger partial charge in [-0.3, -0.25) is 9.69 Å². The summed E-state index contributed by atoms with van der Waals surface area (Å²) < 4.78 is 8.07. The minimum atomic E-state index is -0.137. The van der Waals surface area contributed by atoms with E-state index >= 15 is 0 Å². The largest absolute Gasteiger partial charge is 0.465 e. The highest BCUT2D eigenvalue weighted by Gasteiger charge is 2.27. The Morgan fingerprint density at radius 1 is 1.17 bits per heavy atom. The topological polar surface area (TPSA) is 79.4 Å². The summed E-state index contributed by atoms with van der Waals surface area (Å²) >= 11 is 0. The Balaban J connectivity index is 1.35. The number of carbonyl (C=O) groups excluding carboxylic acids is 1. The van der Waals surface area contributed by atoms with E-state index < -0.39 is 0 Å². The van der Waals surface area contributed by atoms with Crippen LogP contribution in [0.1, 0.15) is 55.9 Å². The number of aromatic nitrogens is 3. The molecule has 0 bridgehead atoms.